The van der Waals surface area contributed by atoms with Crippen LogP contribution in [0.4, 0.5) is 0 Å². The van der Waals surface area contributed by atoms with Crippen LogP contribution in [0.25, 0.3) is 0 Å². The highest BCUT2D eigenvalue weighted by Gasteiger charge is 2.30. The minimum Gasteiger partial charge on any atom is -0.468 e. The average Bonchev–Trinajstić information content (AvgIpc) is 2.23. The van der Waals surface area contributed by atoms with Crippen molar-refractivity contribution in [2.75, 3.05) is 13.3 Å². The molecule has 1 N–H and O–H groups in total. The molecular formula is C15H32NO2P. The predicted octanol–water partition coefficient (Wildman–Crippen LogP) is 4.02. The van der Waals surface area contributed by atoms with E-state index in [9.17, 15) is 4.79 Å². The van der Waals surface area contributed by atoms with E-state index in [0.717, 1.165) is 12.6 Å². The molecule has 4 heteroatoms. The third-order valence-corrected chi connectivity index (χ3v) is 6.20. The van der Waals surface area contributed by atoms with Crippen molar-refractivity contribution >= 4 is 14.0 Å². The van der Waals surface area contributed by atoms with Gasteiger partial charge in [-0.15, -0.1) is 0 Å². The van der Waals surface area contributed by atoms with Crippen molar-refractivity contribution in [3.8, 4) is 0 Å². The van der Waals surface area contributed by atoms with Gasteiger partial charge in [-0.1, -0.05) is 48.5 Å². The molecule has 0 aliphatic heterocycles. The van der Waals surface area contributed by atoms with Crippen LogP contribution in [0.5, 0.6) is 0 Å². The number of ether oxygens (including phenoxy) is 1. The largest absolute Gasteiger partial charge is 0.468 e. The monoisotopic (exact) mass is 289 g/mol. The van der Waals surface area contributed by atoms with Crippen molar-refractivity contribution in [3.05, 3.63) is 0 Å². The van der Waals surface area contributed by atoms with Crippen molar-refractivity contribution in [1.82, 2.24) is 5.09 Å². The van der Waals surface area contributed by atoms with Crippen LogP contribution in [0.1, 0.15) is 54.9 Å². The first kappa shape index (κ1) is 18.9. The van der Waals surface area contributed by atoms with Gasteiger partial charge in [0.2, 0.25) is 0 Å². The Balaban J connectivity index is 4.87. The molecule has 0 aromatic carbocycles. The third kappa shape index (κ3) is 7.89. The highest BCUT2D eigenvalue weighted by atomic mass is 31.1. The molecule has 0 aromatic heterocycles. The molecule has 0 aliphatic rings. The lowest BCUT2D eigenvalue weighted by Gasteiger charge is -2.36. The maximum absolute atomic E-state index is 11.9. The van der Waals surface area contributed by atoms with Crippen molar-refractivity contribution in [3.63, 3.8) is 0 Å². The summed E-state index contributed by atoms with van der Waals surface area (Å²) in [4.78, 5) is 11.9. The molecule has 0 radical (unpaired) electrons. The summed E-state index contributed by atoms with van der Waals surface area (Å²) < 4.78 is 4.94. The van der Waals surface area contributed by atoms with Gasteiger partial charge in [-0.2, -0.15) is 0 Å². The van der Waals surface area contributed by atoms with E-state index in [2.05, 4.69) is 53.6 Å². The van der Waals surface area contributed by atoms with Crippen molar-refractivity contribution in [2.45, 2.75) is 66.1 Å². The van der Waals surface area contributed by atoms with Gasteiger partial charge < -0.3 is 4.74 Å². The molecule has 0 heterocycles. The summed E-state index contributed by atoms with van der Waals surface area (Å²) in [5.74, 6) is 0.983. The van der Waals surface area contributed by atoms with Gasteiger partial charge in [0.15, 0.2) is 0 Å². The summed E-state index contributed by atoms with van der Waals surface area (Å²) in [7, 11) is 1.07. The fourth-order valence-electron chi connectivity index (χ4n) is 1.89. The van der Waals surface area contributed by atoms with Gasteiger partial charge in [-0.3, -0.25) is 9.88 Å². The van der Waals surface area contributed by atoms with Gasteiger partial charge >= 0.3 is 5.97 Å². The Morgan fingerprint density at radius 1 is 1.16 bits per heavy atom. The first-order valence-electron chi connectivity index (χ1n) is 7.19. The Labute approximate surface area is 120 Å². The average molecular weight is 289 g/mol. The van der Waals surface area contributed by atoms with E-state index in [-0.39, 0.29) is 17.2 Å². The van der Waals surface area contributed by atoms with Crippen molar-refractivity contribution in [1.29, 1.82) is 0 Å². The topological polar surface area (TPSA) is 38.3 Å². The normalized spacial score (nSPS) is 15.7. The van der Waals surface area contributed by atoms with E-state index in [1.54, 1.807) is 0 Å². The molecule has 2 atom stereocenters. The molecule has 3 nitrogen and oxygen atoms in total. The Hall–Kier alpha value is -0.140. The number of hydrogen-bond acceptors (Lipinski definition) is 3. The summed E-state index contributed by atoms with van der Waals surface area (Å²) in [5, 5.41) is 3.79. The summed E-state index contributed by atoms with van der Waals surface area (Å²) >= 11 is 0. The number of rotatable bonds is 7. The molecule has 0 spiro atoms. The molecule has 0 fully saturated rings. The zero-order valence-corrected chi connectivity index (χ0v) is 14.8. The maximum atomic E-state index is 11.9. The van der Waals surface area contributed by atoms with Crippen molar-refractivity contribution in [2.24, 2.45) is 11.8 Å². The lowest BCUT2D eigenvalue weighted by Crippen LogP contribution is -2.39. The third-order valence-electron chi connectivity index (χ3n) is 2.86. The highest BCUT2D eigenvalue weighted by molar-refractivity contribution is 7.57. The zero-order chi connectivity index (χ0) is 15.2. The van der Waals surface area contributed by atoms with Crippen molar-refractivity contribution < 1.29 is 9.53 Å². The van der Waals surface area contributed by atoms with Gasteiger partial charge in [0.1, 0.15) is 6.04 Å². The molecular weight excluding hydrogens is 257 g/mol. The fraction of sp³-hybridized carbons (Fsp3) is 0.933. The number of nitrogens with one attached hydrogen (secondary N) is 1. The maximum Gasteiger partial charge on any atom is 0.323 e. The highest BCUT2D eigenvalue weighted by Crippen LogP contribution is 2.47. The number of esters is 1. The number of hydrogen-bond donors (Lipinski definition) is 1. The molecule has 19 heavy (non-hydrogen) atoms. The second kappa shape index (κ2) is 8.21. The van der Waals surface area contributed by atoms with Gasteiger partial charge in [0, 0.05) is 0 Å². The second-order valence-electron chi connectivity index (χ2n) is 7.01. The molecule has 0 saturated heterocycles. The van der Waals surface area contributed by atoms with Crippen LogP contribution in [0.15, 0.2) is 0 Å². The molecule has 0 saturated carbocycles. The van der Waals surface area contributed by atoms with Crippen LogP contribution >= 0.6 is 8.07 Å². The first-order valence-corrected chi connectivity index (χ1v) is 8.72. The van der Waals surface area contributed by atoms with Crippen LogP contribution in [-0.4, -0.2) is 30.4 Å². The van der Waals surface area contributed by atoms with Crippen LogP contribution in [0.2, 0.25) is 0 Å². The SMILES string of the molecule is COC(=O)[C@@H](CC(C)C)NP(CC(C)C)C(C)(C)C. The zero-order valence-electron chi connectivity index (χ0n) is 13.9. The van der Waals surface area contributed by atoms with Crippen LogP contribution in [0, 0.1) is 11.8 Å². The minimum atomic E-state index is -0.400. The quantitative estimate of drug-likeness (QED) is 0.568. The molecule has 0 amide bonds. The Morgan fingerprint density at radius 2 is 1.68 bits per heavy atom. The Morgan fingerprint density at radius 3 is 2.00 bits per heavy atom. The van der Waals surface area contributed by atoms with E-state index in [0.29, 0.717) is 11.8 Å². The molecule has 0 rings (SSSR count). The summed E-state index contributed by atoms with van der Waals surface area (Å²) in [6.45, 7) is 15.5. The Bertz CT molecular complexity index is 272. The molecule has 0 aliphatic carbocycles. The van der Waals surface area contributed by atoms with Gasteiger partial charge in [-0.25, -0.2) is 0 Å². The Kier molecular flexibility index (Phi) is 8.15. The van der Waals surface area contributed by atoms with Gasteiger partial charge in [0.05, 0.1) is 7.11 Å². The van der Waals surface area contributed by atoms with E-state index in [1.165, 1.54) is 7.11 Å². The first-order chi connectivity index (χ1) is 8.57. The number of methoxy groups -OCH3 is 1. The van der Waals surface area contributed by atoms with Crippen LogP contribution < -0.4 is 5.09 Å². The summed E-state index contributed by atoms with van der Waals surface area (Å²) in [6.07, 6.45) is 1.96. The molecule has 1 unspecified atom stereocenters. The standard InChI is InChI=1S/C15H32NO2P/c1-11(2)9-13(14(17)18-8)16-19(10-12(3)4)15(5,6)7/h11-13,16H,9-10H2,1-8H3/t13-,19?/m1/s1. The van der Waals surface area contributed by atoms with E-state index >= 15 is 0 Å². The van der Waals surface area contributed by atoms with E-state index in [4.69, 9.17) is 4.74 Å². The second-order valence-corrected chi connectivity index (χ2v) is 9.83. The minimum absolute atomic E-state index is 0.130. The smallest absolute Gasteiger partial charge is 0.323 e. The number of carbonyl (C=O) groups excluding carboxylic acids is 1. The van der Waals surface area contributed by atoms with Gasteiger partial charge in [0.25, 0.3) is 0 Å². The number of carbonyl (C=O) groups is 1. The van der Waals surface area contributed by atoms with Crippen LogP contribution in [0.3, 0.4) is 0 Å². The lowest BCUT2D eigenvalue weighted by atomic mass is 10.1. The molecule has 114 valence electrons. The van der Waals surface area contributed by atoms with Crippen LogP contribution in [-0.2, 0) is 9.53 Å². The fourth-order valence-corrected chi connectivity index (χ4v) is 4.25. The predicted molar refractivity (Wildman–Crippen MR) is 84.8 cm³/mol. The lowest BCUT2D eigenvalue weighted by molar-refractivity contribution is -0.143. The summed E-state index contributed by atoms with van der Waals surface area (Å²) in [6, 6.07) is -0.172. The summed E-state index contributed by atoms with van der Waals surface area (Å²) in [5.41, 5.74) is 0. The molecule has 0 aromatic rings. The molecule has 0 bridgehead atoms. The van der Waals surface area contributed by atoms with Gasteiger partial charge in [-0.05, 0) is 37.6 Å². The van der Waals surface area contributed by atoms with E-state index < -0.39 is 8.07 Å². The van der Waals surface area contributed by atoms with E-state index in [1.807, 2.05) is 0 Å².